The van der Waals surface area contributed by atoms with Crippen molar-refractivity contribution in [2.75, 3.05) is 0 Å². The van der Waals surface area contributed by atoms with Crippen LogP contribution in [0.15, 0.2) is 139 Å². The van der Waals surface area contributed by atoms with E-state index in [1.807, 2.05) is 0 Å². The first-order chi connectivity index (χ1) is 24.1. The van der Waals surface area contributed by atoms with Gasteiger partial charge in [-0.1, -0.05) is 111 Å². The Balaban J connectivity index is 1.22. The number of nitrogens with zero attached hydrogens (tertiary/aromatic N) is 2. The first-order valence-corrected chi connectivity index (χ1v) is 18.1. The highest BCUT2D eigenvalue weighted by molar-refractivity contribution is 6.11. The Morgan fingerprint density at radius 3 is 2.20 bits per heavy atom. The maximum atomic E-state index is 2.64. The molecule has 4 aliphatic carbocycles. The van der Waals surface area contributed by atoms with Crippen LogP contribution in [-0.4, -0.2) is 9.13 Å². The maximum Gasteiger partial charge on any atom is 0.0542 e. The molecule has 0 fully saturated rings. The number of rotatable bonds is 2. The maximum absolute atomic E-state index is 2.64. The number of aromatic nitrogens is 2. The van der Waals surface area contributed by atoms with Gasteiger partial charge in [-0.05, 0) is 106 Å². The fourth-order valence-corrected chi connectivity index (χ4v) is 10.4. The summed E-state index contributed by atoms with van der Waals surface area (Å²) in [5.74, 6) is 0.691. The van der Waals surface area contributed by atoms with Crippen LogP contribution in [0.2, 0.25) is 0 Å². The van der Waals surface area contributed by atoms with E-state index in [2.05, 4.69) is 156 Å². The van der Waals surface area contributed by atoms with Gasteiger partial charge in [-0.25, -0.2) is 0 Å². The molecule has 236 valence electrons. The highest BCUT2D eigenvalue weighted by Crippen LogP contribution is 2.66. The van der Waals surface area contributed by atoms with Crippen LogP contribution in [0.25, 0.3) is 60.4 Å². The summed E-state index contributed by atoms with van der Waals surface area (Å²) in [5, 5.41) is 6.78. The summed E-state index contributed by atoms with van der Waals surface area (Å²) in [4.78, 5) is 0. The van der Waals surface area contributed by atoms with E-state index >= 15 is 0 Å². The lowest BCUT2D eigenvalue weighted by Crippen LogP contribution is -2.29. The lowest BCUT2D eigenvalue weighted by Gasteiger charge is -2.39. The zero-order chi connectivity index (χ0) is 32.4. The fourth-order valence-electron chi connectivity index (χ4n) is 10.4. The van der Waals surface area contributed by atoms with Gasteiger partial charge in [0.1, 0.15) is 0 Å². The average molecular weight is 631 g/mol. The number of hydrogen-bond donors (Lipinski definition) is 0. The summed E-state index contributed by atoms with van der Waals surface area (Å²) in [6.45, 7) is 5.04. The van der Waals surface area contributed by atoms with Crippen LogP contribution in [0.3, 0.4) is 0 Å². The molecule has 0 saturated carbocycles. The molecule has 7 aromatic rings. The average Bonchev–Trinajstić information content (AvgIpc) is 3.75. The molecule has 0 N–H and O–H groups in total. The van der Waals surface area contributed by atoms with Crippen LogP contribution in [0.4, 0.5) is 0 Å². The molecule has 2 heteroatoms. The largest absolute Gasteiger partial charge is 0.310 e. The van der Waals surface area contributed by atoms with Gasteiger partial charge in [-0.3, -0.25) is 0 Å². The number of hydrogen-bond acceptors (Lipinski definition) is 0. The zero-order valence-electron chi connectivity index (χ0n) is 28.1. The smallest absolute Gasteiger partial charge is 0.0542 e. The summed E-state index contributed by atoms with van der Waals surface area (Å²) in [5.41, 5.74) is 15.4. The van der Waals surface area contributed by atoms with Gasteiger partial charge >= 0.3 is 0 Å². The van der Waals surface area contributed by atoms with Crippen LogP contribution in [0.5, 0.6) is 0 Å². The van der Waals surface area contributed by atoms with Crippen LogP contribution in [0, 0.1) is 0 Å². The number of fused-ring (bicyclic) bond motifs is 14. The molecule has 0 amide bonds. The van der Waals surface area contributed by atoms with E-state index in [0.29, 0.717) is 11.8 Å². The van der Waals surface area contributed by atoms with Crippen molar-refractivity contribution >= 4 is 54.8 Å². The number of allylic oxidation sites excluding steroid dienone is 8. The van der Waals surface area contributed by atoms with Gasteiger partial charge < -0.3 is 9.13 Å². The fraction of sp³-hybridized carbons (Fsp3) is 0.191. The zero-order valence-corrected chi connectivity index (χ0v) is 28.1. The monoisotopic (exact) mass is 630 g/mol. The summed E-state index contributed by atoms with van der Waals surface area (Å²) in [6, 6.07) is 39.3. The van der Waals surface area contributed by atoms with E-state index in [0.717, 1.165) is 25.7 Å². The molecule has 2 nitrogen and oxygen atoms in total. The van der Waals surface area contributed by atoms with E-state index in [1.54, 1.807) is 5.56 Å². The van der Waals surface area contributed by atoms with Crippen molar-refractivity contribution in [3.05, 3.63) is 161 Å². The van der Waals surface area contributed by atoms with Crippen LogP contribution in [-0.2, 0) is 5.41 Å². The molecular formula is C47H38N2. The number of benzene rings is 5. The minimum absolute atomic E-state index is 0.0486. The van der Waals surface area contributed by atoms with Gasteiger partial charge in [-0.15, -0.1) is 0 Å². The molecule has 0 radical (unpaired) electrons. The predicted octanol–water partition coefficient (Wildman–Crippen LogP) is 12.4. The Hall–Kier alpha value is -5.34. The predicted molar refractivity (Wildman–Crippen MR) is 207 cm³/mol. The van der Waals surface area contributed by atoms with E-state index in [4.69, 9.17) is 0 Å². The van der Waals surface area contributed by atoms with Crippen molar-refractivity contribution < 1.29 is 0 Å². The Kier molecular flexibility index (Phi) is 5.55. The van der Waals surface area contributed by atoms with Gasteiger partial charge in [0.25, 0.3) is 0 Å². The Labute approximate surface area is 287 Å². The van der Waals surface area contributed by atoms with Crippen LogP contribution in [0.1, 0.15) is 73.8 Å². The van der Waals surface area contributed by atoms with Crippen molar-refractivity contribution in [2.45, 2.75) is 56.8 Å². The second kappa shape index (κ2) is 9.86. The van der Waals surface area contributed by atoms with Gasteiger partial charge in [0.05, 0.1) is 22.2 Å². The molecule has 5 aromatic carbocycles. The number of para-hydroxylation sites is 2. The normalized spacial score (nSPS) is 20.6. The third kappa shape index (κ3) is 3.56. The summed E-state index contributed by atoms with van der Waals surface area (Å²) in [7, 11) is 0. The van der Waals surface area contributed by atoms with Gasteiger partial charge in [0.15, 0.2) is 0 Å². The summed E-state index contributed by atoms with van der Waals surface area (Å²) >= 11 is 0. The van der Waals surface area contributed by atoms with E-state index in [-0.39, 0.29) is 5.41 Å². The molecule has 0 bridgehead atoms. The Bertz CT molecular complexity index is 2700. The van der Waals surface area contributed by atoms with Crippen LogP contribution < -0.4 is 0 Å². The van der Waals surface area contributed by atoms with Crippen LogP contribution >= 0.6 is 0 Å². The second-order valence-corrected chi connectivity index (χ2v) is 15.1. The molecule has 49 heavy (non-hydrogen) atoms. The highest BCUT2D eigenvalue weighted by Gasteiger charge is 2.53. The third-order valence-corrected chi connectivity index (χ3v) is 12.3. The van der Waals surface area contributed by atoms with E-state index < -0.39 is 0 Å². The van der Waals surface area contributed by atoms with Gasteiger partial charge in [-0.2, -0.15) is 0 Å². The third-order valence-electron chi connectivity index (χ3n) is 12.3. The second-order valence-electron chi connectivity index (χ2n) is 15.1. The van der Waals surface area contributed by atoms with Gasteiger partial charge in [0.2, 0.25) is 0 Å². The van der Waals surface area contributed by atoms with Gasteiger partial charge in [0, 0.05) is 39.4 Å². The molecule has 2 aromatic heterocycles. The molecule has 0 spiro atoms. The SMILES string of the molecule is CC1(C)c2c(ccc3ccccc23)C2C3=C(CCC=C3)c3c(c4ccccc4n3-c3ccc4c(c3)c3ccccc3n4C3=CCCC=C3)C21. The molecular weight excluding hydrogens is 593 g/mol. The van der Waals surface area contributed by atoms with Crippen molar-refractivity contribution in [1.82, 2.24) is 9.13 Å². The molecule has 0 aliphatic heterocycles. The molecule has 2 heterocycles. The molecule has 2 atom stereocenters. The van der Waals surface area contributed by atoms with Crippen molar-refractivity contribution in [1.29, 1.82) is 0 Å². The van der Waals surface area contributed by atoms with E-state index in [9.17, 15) is 0 Å². The minimum Gasteiger partial charge on any atom is -0.310 e. The lowest BCUT2D eigenvalue weighted by molar-refractivity contribution is 0.420. The Morgan fingerprint density at radius 1 is 0.633 bits per heavy atom. The van der Waals surface area contributed by atoms with Crippen molar-refractivity contribution in [3.63, 3.8) is 0 Å². The molecule has 11 rings (SSSR count). The van der Waals surface area contributed by atoms with Crippen molar-refractivity contribution in [2.24, 2.45) is 0 Å². The first-order valence-electron chi connectivity index (χ1n) is 18.1. The quantitative estimate of drug-likeness (QED) is 0.180. The van der Waals surface area contributed by atoms with E-state index in [1.165, 1.54) is 82.8 Å². The molecule has 4 aliphatic rings. The standard InChI is InChI=1S/C47H38N2/c1-47(2)44-32-17-7-6-14-29(32)24-26-37(44)42-34-19-8-9-20-35(34)46-43(45(42)47)36-21-11-13-23-40(36)49(46)31-25-27-41-38(28-31)33-18-10-12-22-39(33)48(41)30-15-4-3-5-16-30/h4,6-8,10-19,21-28,42,45H,3,5,9,20H2,1-2H3. The first kappa shape index (κ1) is 27.6. The topological polar surface area (TPSA) is 9.86 Å². The lowest BCUT2D eigenvalue weighted by atomic mass is 9.64. The molecule has 2 unspecified atom stereocenters. The van der Waals surface area contributed by atoms with Crippen molar-refractivity contribution in [3.8, 4) is 5.69 Å². The minimum atomic E-state index is -0.0486. The molecule has 0 saturated heterocycles. The summed E-state index contributed by atoms with van der Waals surface area (Å²) in [6.07, 6.45) is 16.3. The highest BCUT2D eigenvalue weighted by atomic mass is 15.0. The summed E-state index contributed by atoms with van der Waals surface area (Å²) < 4.78 is 5.10. The Morgan fingerprint density at radius 2 is 1.37 bits per heavy atom.